The van der Waals surface area contributed by atoms with E-state index < -0.39 is 6.10 Å². The number of thiazole rings is 1. The molecule has 0 saturated carbocycles. The predicted octanol–water partition coefficient (Wildman–Crippen LogP) is 4.36. The Morgan fingerprint density at radius 3 is 2.58 bits per heavy atom. The standard InChI is InChI=1S/C18H15FN2O2S/c1-12(23-15-5-3-2-4-6-15)17(22)21-18-20-16(11-24-18)13-7-9-14(19)10-8-13/h2-12H,1H3,(H,20,21,22). The second kappa shape index (κ2) is 7.23. The molecule has 122 valence electrons. The molecule has 1 unspecified atom stereocenters. The number of hydrogen-bond donors (Lipinski definition) is 1. The number of aromatic nitrogens is 1. The van der Waals surface area contributed by atoms with E-state index in [0.29, 0.717) is 16.6 Å². The number of para-hydroxylation sites is 1. The number of rotatable bonds is 5. The van der Waals surface area contributed by atoms with E-state index in [2.05, 4.69) is 10.3 Å². The molecule has 3 rings (SSSR count). The molecule has 6 heteroatoms. The van der Waals surface area contributed by atoms with E-state index in [0.717, 1.165) is 5.56 Å². The van der Waals surface area contributed by atoms with Crippen LogP contribution in [0, 0.1) is 5.82 Å². The molecule has 1 N–H and O–H groups in total. The van der Waals surface area contributed by atoms with Gasteiger partial charge in [-0.2, -0.15) is 0 Å². The van der Waals surface area contributed by atoms with Gasteiger partial charge in [0.05, 0.1) is 5.69 Å². The number of hydrogen-bond acceptors (Lipinski definition) is 4. The Kier molecular flexibility index (Phi) is 4.86. The second-order valence-corrected chi connectivity index (χ2v) is 5.97. The molecule has 24 heavy (non-hydrogen) atoms. The molecule has 0 aliphatic rings. The Morgan fingerprint density at radius 2 is 1.88 bits per heavy atom. The van der Waals surface area contributed by atoms with Crippen molar-refractivity contribution < 1.29 is 13.9 Å². The quantitative estimate of drug-likeness (QED) is 0.750. The van der Waals surface area contributed by atoms with Gasteiger partial charge in [0.25, 0.3) is 5.91 Å². The van der Waals surface area contributed by atoms with Crippen LogP contribution in [0.25, 0.3) is 11.3 Å². The van der Waals surface area contributed by atoms with E-state index in [1.807, 2.05) is 23.6 Å². The van der Waals surface area contributed by atoms with Gasteiger partial charge in [0.1, 0.15) is 11.6 Å². The highest BCUT2D eigenvalue weighted by Crippen LogP contribution is 2.25. The van der Waals surface area contributed by atoms with Crippen molar-refractivity contribution in [3.05, 3.63) is 65.8 Å². The maximum absolute atomic E-state index is 13.0. The molecule has 1 aromatic heterocycles. The van der Waals surface area contributed by atoms with Crippen molar-refractivity contribution >= 4 is 22.4 Å². The van der Waals surface area contributed by atoms with Crippen molar-refractivity contribution in [2.24, 2.45) is 0 Å². The molecule has 1 atom stereocenters. The molecule has 0 fully saturated rings. The minimum Gasteiger partial charge on any atom is -0.481 e. The molecule has 2 aromatic carbocycles. The third-order valence-electron chi connectivity index (χ3n) is 3.30. The first-order valence-corrected chi connectivity index (χ1v) is 8.24. The largest absolute Gasteiger partial charge is 0.481 e. The van der Waals surface area contributed by atoms with Gasteiger partial charge in [0.15, 0.2) is 11.2 Å². The van der Waals surface area contributed by atoms with Crippen molar-refractivity contribution in [1.82, 2.24) is 4.98 Å². The predicted molar refractivity (Wildman–Crippen MR) is 92.7 cm³/mol. The van der Waals surface area contributed by atoms with Gasteiger partial charge in [-0.3, -0.25) is 10.1 Å². The van der Waals surface area contributed by atoms with Crippen LogP contribution in [0.5, 0.6) is 5.75 Å². The summed E-state index contributed by atoms with van der Waals surface area (Å²) < 4.78 is 18.5. The summed E-state index contributed by atoms with van der Waals surface area (Å²) in [5.74, 6) is 0.0551. The maximum atomic E-state index is 13.0. The summed E-state index contributed by atoms with van der Waals surface area (Å²) >= 11 is 1.31. The number of carbonyl (C=O) groups is 1. The van der Waals surface area contributed by atoms with Crippen LogP contribution in [0.4, 0.5) is 9.52 Å². The molecule has 1 amide bonds. The number of halogens is 1. The second-order valence-electron chi connectivity index (χ2n) is 5.11. The highest BCUT2D eigenvalue weighted by molar-refractivity contribution is 7.14. The Labute approximate surface area is 142 Å². The van der Waals surface area contributed by atoms with E-state index in [4.69, 9.17) is 4.74 Å². The fourth-order valence-electron chi connectivity index (χ4n) is 2.05. The molecule has 0 aliphatic carbocycles. The number of benzene rings is 2. The van der Waals surface area contributed by atoms with Gasteiger partial charge in [0.2, 0.25) is 0 Å². The van der Waals surface area contributed by atoms with E-state index in [1.54, 1.807) is 31.2 Å². The molecule has 0 radical (unpaired) electrons. The molecule has 0 saturated heterocycles. The summed E-state index contributed by atoms with van der Waals surface area (Å²) in [7, 11) is 0. The van der Waals surface area contributed by atoms with Gasteiger partial charge in [0, 0.05) is 10.9 Å². The van der Waals surface area contributed by atoms with Crippen LogP contribution < -0.4 is 10.1 Å². The van der Waals surface area contributed by atoms with Crippen LogP contribution in [0.15, 0.2) is 60.0 Å². The van der Waals surface area contributed by atoms with Gasteiger partial charge >= 0.3 is 0 Å². The lowest BCUT2D eigenvalue weighted by Gasteiger charge is -2.13. The monoisotopic (exact) mass is 342 g/mol. The first-order valence-electron chi connectivity index (χ1n) is 7.36. The average molecular weight is 342 g/mol. The van der Waals surface area contributed by atoms with Crippen LogP contribution in [0.1, 0.15) is 6.92 Å². The normalized spacial score (nSPS) is 11.8. The Bertz CT molecular complexity index is 819. The number of carbonyl (C=O) groups excluding carboxylic acids is 1. The third-order valence-corrected chi connectivity index (χ3v) is 4.06. The minimum absolute atomic E-state index is 0.279. The molecule has 1 heterocycles. The topological polar surface area (TPSA) is 51.2 Å². The molecular formula is C18H15FN2O2S. The van der Waals surface area contributed by atoms with Gasteiger partial charge in [-0.1, -0.05) is 18.2 Å². The minimum atomic E-state index is -0.648. The number of nitrogens with zero attached hydrogens (tertiary/aromatic N) is 1. The van der Waals surface area contributed by atoms with Crippen LogP contribution in [-0.4, -0.2) is 17.0 Å². The number of nitrogens with one attached hydrogen (secondary N) is 1. The van der Waals surface area contributed by atoms with E-state index in [1.165, 1.54) is 23.5 Å². The fraction of sp³-hybridized carbons (Fsp3) is 0.111. The molecule has 4 nitrogen and oxygen atoms in total. The SMILES string of the molecule is CC(Oc1ccccc1)C(=O)Nc1nc(-c2ccc(F)cc2)cs1. The summed E-state index contributed by atoms with van der Waals surface area (Å²) in [4.78, 5) is 16.5. The zero-order chi connectivity index (χ0) is 16.9. The van der Waals surface area contributed by atoms with Gasteiger partial charge in [-0.05, 0) is 43.3 Å². The van der Waals surface area contributed by atoms with Crippen LogP contribution in [-0.2, 0) is 4.79 Å². The molecule has 0 spiro atoms. The zero-order valence-electron chi connectivity index (χ0n) is 12.9. The van der Waals surface area contributed by atoms with Gasteiger partial charge in [-0.15, -0.1) is 11.3 Å². The first-order chi connectivity index (χ1) is 11.6. The lowest BCUT2D eigenvalue weighted by atomic mass is 10.2. The molecular weight excluding hydrogens is 327 g/mol. The van der Waals surface area contributed by atoms with Crippen molar-refractivity contribution in [3.63, 3.8) is 0 Å². The smallest absolute Gasteiger partial charge is 0.266 e. The summed E-state index contributed by atoms with van der Waals surface area (Å²) in [5, 5.41) is 5.02. The summed E-state index contributed by atoms with van der Waals surface area (Å²) in [6.45, 7) is 1.68. The van der Waals surface area contributed by atoms with Crippen molar-refractivity contribution in [2.75, 3.05) is 5.32 Å². The highest BCUT2D eigenvalue weighted by atomic mass is 32.1. The van der Waals surface area contributed by atoms with Crippen LogP contribution in [0.3, 0.4) is 0 Å². The summed E-state index contributed by atoms with van der Waals surface area (Å²) in [6, 6.07) is 15.2. The number of ether oxygens (including phenoxy) is 1. The Morgan fingerprint density at radius 1 is 1.17 bits per heavy atom. The van der Waals surface area contributed by atoms with Crippen molar-refractivity contribution in [2.45, 2.75) is 13.0 Å². The van der Waals surface area contributed by atoms with Crippen LogP contribution >= 0.6 is 11.3 Å². The number of amides is 1. The highest BCUT2D eigenvalue weighted by Gasteiger charge is 2.16. The van der Waals surface area contributed by atoms with E-state index >= 15 is 0 Å². The van der Waals surface area contributed by atoms with E-state index in [-0.39, 0.29) is 11.7 Å². The van der Waals surface area contributed by atoms with Gasteiger partial charge < -0.3 is 4.74 Å². The Hall–Kier alpha value is -2.73. The fourth-order valence-corrected chi connectivity index (χ4v) is 2.77. The van der Waals surface area contributed by atoms with Crippen molar-refractivity contribution in [1.29, 1.82) is 0 Å². The molecule has 3 aromatic rings. The lowest BCUT2D eigenvalue weighted by Crippen LogP contribution is -2.30. The zero-order valence-corrected chi connectivity index (χ0v) is 13.7. The average Bonchev–Trinajstić information content (AvgIpc) is 3.05. The summed E-state index contributed by atoms with van der Waals surface area (Å²) in [5.41, 5.74) is 1.48. The summed E-state index contributed by atoms with van der Waals surface area (Å²) in [6.07, 6.45) is -0.648. The Balaban J connectivity index is 1.63. The van der Waals surface area contributed by atoms with Gasteiger partial charge in [-0.25, -0.2) is 9.37 Å². The lowest BCUT2D eigenvalue weighted by molar-refractivity contribution is -0.122. The molecule has 0 aliphatic heterocycles. The van der Waals surface area contributed by atoms with Crippen molar-refractivity contribution in [3.8, 4) is 17.0 Å². The maximum Gasteiger partial charge on any atom is 0.266 e. The molecule has 0 bridgehead atoms. The third kappa shape index (κ3) is 3.97. The van der Waals surface area contributed by atoms with E-state index in [9.17, 15) is 9.18 Å². The van der Waals surface area contributed by atoms with Crippen LogP contribution in [0.2, 0.25) is 0 Å². The number of anilines is 1. The first kappa shape index (κ1) is 16.1.